The molecule has 0 atom stereocenters. The minimum absolute atomic E-state index is 0.0500. The summed E-state index contributed by atoms with van der Waals surface area (Å²) >= 11 is 0. The highest BCUT2D eigenvalue weighted by Crippen LogP contribution is 2.42. The van der Waals surface area contributed by atoms with Crippen LogP contribution in [0.4, 0.5) is 0 Å². The molecule has 0 aliphatic heterocycles. The second-order valence-electron chi connectivity index (χ2n) is 5.61. The third-order valence-electron chi connectivity index (χ3n) is 3.84. The summed E-state index contributed by atoms with van der Waals surface area (Å²) in [6.45, 7) is 0. The summed E-state index contributed by atoms with van der Waals surface area (Å²) < 4.78 is 37.0. The second kappa shape index (κ2) is 9.50. The van der Waals surface area contributed by atoms with Gasteiger partial charge in [-0.1, -0.05) is 24.3 Å². The molecule has 0 aromatic heterocycles. The lowest BCUT2D eigenvalue weighted by Gasteiger charge is -2.12. The van der Waals surface area contributed by atoms with E-state index in [1.54, 1.807) is 45.6 Å². The number of allylic oxidation sites excluding steroid dienone is 4. The molecule has 9 heteroatoms. The van der Waals surface area contributed by atoms with Crippen LogP contribution in [0.15, 0.2) is 59.3 Å². The fraction of sp³-hybridized carbons (Fsp3) is 0.263. The molecule has 0 heterocycles. The number of hydrogen-bond donors (Lipinski definition) is 2. The Kier molecular flexibility index (Phi) is 7.34. The van der Waals surface area contributed by atoms with Crippen LogP contribution in [0.3, 0.4) is 0 Å². The van der Waals surface area contributed by atoms with Crippen molar-refractivity contribution in [3.63, 3.8) is 0 Å². The molecule has 1 aromatic rings. The van der Waals surface area contributed by atoms with Gasteiger partial charge in [0.05, 0.1) is 28.4 Å². The Labute approximate surface area is 163 Å². The van der Waals surface area contributed by atoms with Crippen molar-refractivity contribution in [1.29, 1.82) is 0 Å². The number of phosphoric acid groups is 1. The summed E-state index contributed by atoms with van der Waals surface area (Å²) in [7, 11) is 1.33. The molecule has 0 spiro atoms. The smallest absolute Gasteiger partial charge is 0.497 e. The van der Waals surface area contributed by atoms with Crippen molar-refractivity contribution in [3.8, 4) is 11.5 Å². The third-order valence-corrected chi connectivity index (χ3v) is 4.28. The first kappa shape index (κ1) is 21.6. The number of hydrogen-bond acceptors (Lipinski definition) is 6. The van der Waals surface area contributed by atoms with Gasteiger partial charge in [-0.05, 0) is 29.3 Å². The molecular weight excluding hydrogens is 387 g/mol. The number of ether oxygens (including phenoxy) is 4. The zero-order valence-electron chi connectivity index (χ0n) is 16.0. The summed E-state index contributed by atoms with van der Waals surface area (Å²) in [4.78, 5) is 18.1. The van der Waals surface area contributed by atoms with Gasteiger partial charge in [-0.25, -0.2) is 4.57 Å². The number of phosphoric ester groups is 1. The molecular formula is C19H23O8P. The fourth-order valence-electron chi connectivity index (χ4n) is 2.56. The number of benzene rings is 1. The molecule has 1 aliphatic carbocycles. The first-order valence-corrected chi connectivity index (χ1v) is 9.73. The zero-order valence-corrected chi connectivity index (χ0v) is 16.9. The Morgan fingerprint density at radius 1 is 0.964 bits per heavy atom. The maximum Gasteiger partial charge on any atom is 0.524 e. The predicted molar refractivity (Wildman–Crippen MR) is 104 cm³/mol. The molecule has 0 unspecified atom stereocenters. The maximum absolute atomic E-state index is 11.2. The predicted octanol–water partition coefficient (Wildman–Crippen LogP) is 3.54. The highest BCUT2D eigenvalue weighted by molar-refractivity contribution is 7.46. The van der Waals surface area contributed by atoms with E-state index in [0.717, 1.165) is 5.57 Å². The van der Waals surface area contributed by atoms with Gasteiger partial charge >= 0.3 is 7.82 Å². The molecule has 2 N–H and O–H groups in total. The van der Waals surface area contributed by atoms with Crippen molar-refractivity contribution in [1.82, 2.24) is 0 Å². The van der Waals surface area contributed by atoms with Crippen LogP contribution in [0.2, 0.25) is 0 Å². The average Bonchev–Trinajstić information content (AvgIpc) is 2.83. The van der Waals surface area contributed by atoms with Crippen molar-refractivity contribution >= 4 is 13.9 Å². The van der Waals surface area contributed by atoms with Gasteiger partial charge in [0.25, 0.3) is 0 Å². The molecule has 1 aromatic carbocycles. The molecule has 1 aliphatic rings. The van der Waals surface area contributed by atoms with Crippen LogP contribution in [0.25, 0.3) is 6.08 Å². The van der Waals surface area contributed by atoms with E-state index in [4.69, 9.17) is 28.7 Å². The van der Waals surface area contributed by atoms with Gasteiger partial charge in [-0.3, -0.25) is 9.79 Å². The molecule has 0 amide bonds. The van der Waals surface area contributed by atoms with Crippen LogP contribution >= 0.6 is 7.82 Å². The van der Waals surface area contributed by atoms with Crippen molar-refractivity contribution in [2.75, 3.05) is 28.4 Å². The van der Waals surface area contributed by atoms with E-state index < -0.39 is 7.82 Å². The standard InChI is InChI=1S/C19H23O8P/c1-23-15-9-7-13(11-17(15)27-28(20,21)22)5-6-14-8-10-16(24-2)19(26-4)18(12-14)25-3/h5-9,11-12H,10H2,1-4H3,(H2,20,21,22)/b6-5-. The van der Waals surface area contributed by atoms with Crippen LogP contribution in [0.5, 0.6) is 11.5 Å². The summed E-state index contributed by atoms with van der Waals surface area (Å²) in [6, 6.07) is 4.78. The molecule has 28 heavy (non-hydrogen) atoms. The van der Waals surface area contributed by atoms with E-state index in [1.165, 1.54) is 13.2 Å². The minimum atomic E-state index is -4.71. The van der Waals surface area contributed by atoms with E-state index in [2.05, 4.69) is 4.52 Å². The lowest BCUT2D eigenvalue weighted by molar-refractivity contribution is 0.184. The first-order valence-electron chi connectivity index (χ1n) is 8.20. The molecule has 0 bridgehead atoms. The number of methoxy groups -OCH3 is 4. The van der Waals surface area contributed by atoms with Gasteiger partial charge in [0.15, 0.2) is 23.0 Å². The maximum atomic E-state index is 11.2. The largest absolute Gasteiger partial charge is 0.524 e. The van der Waals surface area contributed by atoms with Crippen LogP contribution in [-0.4, -0.2) is 38.2 Å². The Bertz CT molecular complexity index is 876. The van der Waals surface area contributed by atoms with Gasteiger partial charge in [0.2, 0.25) is 0 Å². The van der Waals surface area contributed by atoms with Crippen LogP contribution in [0.1, 0.15) is 12.0 Å². The summed E-state index contributed by atoms with van der Waals surface area (Å²) in [5.41, 5.74) is 1.50. The summed E-state index contributed by atoms with van der Waals surface area (Å²) in [5.74, 6) is 1.85. The van der Waals surface area contributed by atoms with Crippen molar-refractivity contribution < 1.29 is 37.8 Å². The molecule has 2 rings (SSSR count). The van der Waals surface area contributed by atoms with E-state index in [1.807, 2.05) is 12.2 Å². The Morgan fingerprint density at radius 2 is 1.71 bits per heavy atom. The van der Waals surface area contributed by atoms with Gasteiger partial charge in [-0.2, -0.15) is 0 Å². The van der Waals surface area contributed by atoms with E-state index in [-0.39, 0.29) is 11.5 Å². The van der Waals surface area contributed by atoms with Crippen molar-refractivity contribution in [3.05, 3.63) is 64.8 Å². The van der Waals surface area contributed by atoms with Crippen molar-refractivity contribution in [2.45, 2.75) is 6.42 Å². The Morgan fingerprint density at radius 3 is 2.29 bits per heavy atom. The lowest BCUT2D eigenvalue weighted by Crippen LogP contribution is -2.00. The molecule has 0 saturated carbocycles. The molecule has 0 fully saturated rings. The van der Waals surface area contributed by atoms with Gasteiger partial charge in [0, 0.05) is 6.42 Å². The molecule has 152 valence electrons. The lowest BCUT2D eigenvalue weighted by atomic mass is 10.1. The van der Waals surface area contributed by atoms with Gasteiger partial charge in [0.1, 0.15) is 5.76 Å². The zero-order chi connectivity index (χ0) is 20.7. The van der Waals surface area contributed by atoms with Gasteiger partial charge in [-0.15, -0.1) is 0 Å². The highest BCUT2D eigenvalue weighted by Gasteiger charge is 2.19. The SMILES string of the molecule is COC1=CC(/C=C\c2ccc(OC)c(OP(=O)(O)O)c2)=CCC(OC)=C1OC. The van der Waals surface area contributed by atoms with Crippen LogP contribution < -0.4 is 9.26 Å². The third kappa shape index (κ3) is 5.66. The first-order chi connectivity index (χ1) is 13.3. The van der Waals surface area contributed by atoms with E-state index >= 15 is 0 Å². The van der Waals surface area contributed by atoms with Crippen molar-refractivity contribution in [2.24, 2.45) is 0 Å². The van der Waals surface area contributed by atoms with Gasteiger partial charge < -0.3 is 23.5 Å². The molecule has 0 radical (unpaired) electrons. The number of rotatable bonds is 8. The van der Waals surface area contributed by atoms with Crippen LogP contribution in [0, 0.1) is 0 Å². The molecule has 8 nitrogen and oxygen atoms in total. The fourth-order valence-corrected chi connectivity index (χ4v) is 2.96. The summed E-state index contributed by atoms with van der Waals surface area (Å²) in [5, 5.41) is 0. The summed E-state index contributed by atoms with van der Waals surface area (Å²) in [6.07, 6.45) is 7.85. The normalized spacial score (nSPS) is 14.9. The highest BCUT2D eigenvalue weighted by atomic mass is 31.2. The minimum Gasteiger partial charge on any atom is -0.497 e. The van der Waals surface area contributed by atoms with Crippen LogP contribution in [-0.2, 0) is 18.8 Å². The van der Waals surface area contributed by atoms with E-state index in [9.17, 15) is 4.57 Å². The van der Waals surface area contributed by atoms with E-state index in [0.29, 0.717) is 29.3 Å². The quantitative estimate of drug-likeness (QED) is 0.627. The topological polar surface area (TPSA) is 104 Å². The average molecular weight is 410 g/mol. The monoisotopic (exact) mass is 410 g/mol. The molecule has 0 saturated heterocycles. The Balaban J connectivity index is 2.32. The second-order valence-corrected chi connectivity index (χ2v) is 6.77. The Hall–Kier alpha value is -2.67.